The van der Waals surface area contributed by atoms with Crippen LogP contribution < -0.4 is 5.32 Å². The summed E-state index contributed by atoms with van der Waals surface area (Å²) < 4.78 is 31.8. The van der Waals surface area contributed by atoms with Crippen LogP contribution in [0.3, 0.4) is 0 Å². The fraction of sp³-hybridized carbons (Fsp3) is 0.333. The topological polar surface area (TPSA) is 92.8 Å². The van der Waals surface area contributed by atoms with Gasteiger partial charge in [0.05, 0.1) is 24.3 Å². The molecule has 1 amide bonds. The number of carbonyl (C=O) groups is 2. The summed E-state index contributed by atoms with van der Waals surface area (Å²) in [6.45, 7) is 0.449. The monoisotopic (exact) mass is 484 g/mol. The van der Waals surface area contributed by atoms with Crippen molar-refractivity contribution in [3.63, 3.8) is 0 Å². The van der Waals surface area contributed by atoms with Gasteiger partial charge < -0.3 is 10.1 Å². The van der Waals surface area contributed by atoms with Crippen LogP contribution in [0, 0.1) is 5.92 Å². The van der Waals surface area contributed by atoms with Crippen LogP contribution in [-0.2, 0) is 25.3 Å². The van der Waals surface area contributed by atoms with Crippen LogP contribution in [0.25, 0.3) is 0 Å². The van der Waals surface area contributed by atoms with Crippen LogP contribution in [-0.4, -0.2) is 44.8 Å². The van der Waals surface area contributed by atoms with E-state index in [2.05, 4.69) is 10.1 Å². The smallest absolute Gasteiger partial charge is 0.337 e. The molecule has 0 radical (unpaired) electrons. The summed E-state index contributed by atoms with van der Waals surface area (Å²) in [6, 6.07) is 11.0. The second-order valence-corrected chi connectivity index (χ2v) is 10.1. The van der Waals surface area contributed by atoms with E-state index in [-0.39, 0.29) is 23.2 Å². The molecular weight excluding hydrogens is 463 g/mol. The lowest BCUT2D eigenvalue weighted by Crippen LogP contribution is -2.44. The van der Waals surface area contributed by atoms with Gasteiger partial charge in [-0.25, -0.2) is 17.5 Å². The number of hydrogen-bond donors (Lipinski definition) is 1. The first-order valence-electron chi connectivity index (χ1n) is 9.60. The molecule has 1 unspecified atom stereocenters. The zero-order valence-corrected chi connectivity index (χ0v) is 19.1. The van der Waals surface area contributed by atoms with Gasteiger partial charge in [0.25, 0.3) is 0 Å². The second-order valence-electron chi connectivity index (χ2n) is 7.25. The van der Waals surface area contributed by atoms with Crippen molar-refractivity contribution in [1.29, 1.82) is 0 Å². The highest BCUT2D eigenvalue weighted by atomic mass is 35.5. The summed E-state index contributed by atoms with van der Waals surface area (Å²) in [7, 11) is -2.36. The van der Waals surface area contributed by atoms with Crippen molar-refractivity contribution in [2.75, 3.05) is 25.5 Å². The Morgan fingerprint density at radius 3 is 2.52 bits per heavy atom. The first-order chi connectivity index (χ1) is 14.7. The number of esters is 1. The van der Waals surface area contributed by atoms with Gasteiger partial charge in [0.15, 0.2) is 0 Å². The Kier molecular flexibility index (Phi) is 7.59. The first-order valence-corrected chi connectivity index (χ1v) is 12.0. The number of nitrogens with one attached hydrogen (secondary N) is 1. The molecule has 0 saturated carbocycles. The lowest BCUT2D eigenvalue weighted by atomic mass is 9.98. The summed E-state index contributed by atoms with van der Waals surface area (Å²) in [5.41, 5.74) is 1.35. The normalized spacial score (nSPS) is 17.2. The van der Waals surface area contributed by atoms with Gasteiger partial charge in [-0.3, -0.25) is 4.79 Å². The molecular formula is C21H22Cl2N2O5S. The number of nitrogens with zero attached hydrogens (tertiary/aromatic N) is 1. The maximum absolute atomic E-state index is 12.9. The summed E-state index contributed by atoms with van der Waals surface area (Å²) in [4.78, 5) is 24.2. The Morgan fingerprint density at radius 2 is 1.87 bits per heavy atom. The molecule has 0 aliphatic carbocycles. The molecule has 1 atom stereocenters. The molecule has 1 heterocycles. The van der Waals surface area contributed by atoms with Crippen molar-refractivity contribution in [3.8, 4) is 0 Å². The predicted molar refractivity (Wildman–Crippen MR) is 120 cm³/mol. The van der Waals surface area contributed by atoms with Crippen molar-refractivity contribution < 1.29 is 22.7 Å². The minimum absolute atomic E-state index is 0.0968. The molecule has 0 spiro atoms. The first kappa shape index (κ1) is 23.5. The van der Waals surface area contributed by atoms with Crippen LogP contribution in [0.1, 0.15) is 28.8 Å². The molecule has 1 aliphatic heterocycles. The molecule has 2 aromatic carbocycles. The number of halogens is 2. The number of sulfonamides is 1. The lowest BCUT2D eigenvalue weighted by molar-refractivity contribution is -0.120. The fourth-order valence-electron chi connectivity index (χ4n) is 3.39. The number of methoxy groups -OCH3 is 1. The van der Waals surface area contributed by atoms with Crippen LogP contribution in [0.5, 0.6) is 0 Å². The minimum Gasteiger partial charge on any atom is -0.465 e. The summed E-state index contributed by atoms with van der Waals surface area (Å²) in [5.74, 6) is -1.47. The van der Waals surface area contributed by atoms with Gasteiger partial charge in [-0.05, 0) is 54.8 Å². The molecule has 1 fully saturated rings. The Hall–Kier alpha value is -2.13. The van der Waals surface area contributed by atoms with Crippen molar-refractivity contribution in [3.05, 3.63) is 63.6 Å². The maximum Gasteiger partial charge on any atom is 0.337 e. The maximum atomic E-state index is 12.9. The Balaban J connectivity index is 1.65. The van der Waals surface area contributed by atoms with Crippen molar-refractivity contribution >= 4 is 50.8 Å². The third-order valence-electron chi connectivity index (χ3n) is 5.07. The SMILES string of the molecule is COC(=O)c1ccc(NC(=O)C2CCCN(S(=O)(=O)Cc3ccc(Cl)cc3Cl)C2)cc1. The van der Waals surface area contributed by atoms with E-state index in [1.54, 1.807) is 36.4 Å². The summed E-state index contributed by atoms with van der Waals surface area (Å²) >= 11 is 12.0. The van der Waals surface area contributed by atoms with E-state index >= 15 is 0 Å². The minimum atomic E-state index is -3.65. The van der Waals surface area contributed by atoms with E-state index in [9.17, 15) is 18.0 Å². The van der Waals surface area contributed by atoms with E-state index in [1.807, 2.05) is 0 Å². The molecule has 31 heavy (non-hydrogen) atoms. The Bertz CT molecular complexity index is 1070. The average Bonchev–Trinajstić information content (AvgIpc) is 2.75. The lowest BCUT2D eigenvalue weighted by Gasteiger charge is -2.31. The molecule has 3 rings (SSSR count). The van der Waals surface area contributed by atoms with Gasteiger partial charge in [-0.15, -0.1) is 0 Å². The zero-order chi connectivity index (χ0) is 22.6. The van der Waals surface area contributed by atoms with Crippen molar-refractivity contribution in [1.82, 2.24) is 4.31 Å². The van der Waals surface area contributed by atoms with E-state index < -0.39 is 21.9 Å². The highest BCUT2D eigenvalue weighted by molar-refractivity contribution is 7.88. The molecule has 1 N–H and O–H groups in total. The molecule has 166 valence electrons. The van der Waals surface area contributed by atoms with Gasteiger partial charge in [-0.1, -0.05) is 29.3 Å². The van der Waals surface area contributed by atoms with Gasteiger partial charge in [0.1, 0.15) is 0 Å². The largest absolute Gasteiger partial charge is 0.465 e. The number of rotatable bonds is 6. The molecule has 1 aliphatic rings. The third kappa shape index (κ3) is 5.98. The average molecular weight is 485 g/mol. The second kappa shape index (κ2) is 9.99. The van der Waals surface area contributed by atoms with E-state index in [4.69, 9.17) is 23.2 Å². The molecule has 1 saturated heterocycles. The molecule has 10 heteroatoms. The van der Waals surface area contributed by atoms with Crippen molar-refractivity contribution in [2.24, 2.45) is 5.92 Å². The summed E-state index contributed by atoms with van der Waals surface area (Å²) in [5, 5.41) is 3.51. The van der Waals surface area contributed by atoms with Crippen LogP contribution in [0.15, 0.2) is 42.5 Å². The number of benzene rings is 2. The van der Waals surface area contributed by atoms with Gasteiger partial charge in [0, 0.05) is 28.8 Å². The molecule has 2 aromatic rings. The van der Waals surface area contributed by atoms with Crippen molar-refractivity contribution in [2.45, 2.75) is 18.6 Å². The predicted octanol–water partition coefficient (Wildman–Crippen LogP) is 3.96. The van der Waals surface area contributed by atoms with Crippen LogP contribution in [0.4, 0.5) is 5.69 Å². The quantitative estimate of drug-likeness (QED) is 0.626. The number of hydrogen-bond acceptors (Lipinski definition) is 5. The number of piperidine rings is 1. The third-order valence-corrected chi connectivity index (χ3v) is 7.46. The van der Waals surface area contributed by atoms with Gasteiger partial charge in [0.2, 0.25) is 15.9 Å². The fourth-order valence-corrected chi connectivity index (χ4v) is 5.58. The van der Waals surface area contributed by atoms with Crippen LogP contribution in [0.2, 0.25) is 10.0 Å². The number of ether oxygens (including phenoxy) is 1. The number of carbonyl (C=O) groups excluding carboxylic acids is 2. The van der Waals surface area contributed by atoms with Gasteiger partial charge in [-0.2, -0.15) is 0 Å². The van der Waals surface area contributed by atoms with E-state index in [0.29, 0.717) is 41.2 Å². The standard InChI is InChI=1S/C21H22Cl2N2O5S/c1-30-21(27)14-5-8-18(9-6-14)24-20(26)15-3-2-10-25(12-15)31(28,29)13-16-4-7-17(22)11-19(16)23/h4-9,11,15H,2-3,10,12-13H2,1H3,(H,24,26). The zero-order valence-electron chi connectivity index (χ0n) is 16.8. The molecule has 0 aromatic heterocycles. The highest BCUT2D eigenvalue weighted by Crippen LogP contribution is 2.27. The summed E-state index contributed by atoms with van der Waals surface area (Å²) in [6.07, 6.45) is 1.16. The van der Waals surface area contributed by atoms with Crippen LogP contribution >= 0.6 is 23.2 Å². The molecule has 7 nitrogen and oxygen atoms in total. The van der Waals surface area contributed by atoms with E-state index in [0.717, 1.165) is 0 Å². The van der Waals surface area contributed by atoms with E-state index in [1.165, 1.54) is 17.5 Å². The Morgan fingerprint density at radius 1 is 1.16 bits per heavy atom. The Labute approximate surface area is 191 Å². The molecule has 0 bridgehead atoms. The number of amides is 1. The van der Waals surface area contributed by atoms with Gasteiger partial charge >= 0.3 is 5.97 Å². The highest BCUT2D eigenvalue weighted by Gasteiger charge is 2.32. The number of anilines is 1.